The summed E-state index contributed by atoms with van der Waals surface area (Å²) in [6.45, 7) is 3.58. The molecule has 108 valence electrons. The first-order chi connectivity index (χ1) is 9.63. The van der Waals surface area contributed by atoms with Gasteiger partial charge in [0.05, 0.1) is 6.33 Å². The Kier molecular flexibility index (Phi) is 4.39. The highest BCUT2D eigenvalue weighted by Crippen LogP contribution is 1.95. The van der Waals surface area contributed by atoms with E-state index in [9.17, 15) is 9.59 Å². The Morgan fingerprint density at radius 3 is 2.70 bits per heavy atom. The van der Waals surface area contributed by atoms with Crippen LogP contribution in [0.1, 0.15) is 19.8 Å². The summed E-state index contributed by atoms with van der Waals surface area (Å²) in [6, 6.07) is 0. The summed E-state index contributed by atoms with van der Waals surface area (Å²) in [5.41, 5.74) is 5.09. The lowest BCUT2D eigenvalue weighted by molar-refractivity contribution is 0.504. The van der Waals surface area contributed by atoms with Gasteiger partial charge in [-0.3, -0.25) is 13.9 Å². The van der Waals surface area contributed by atoms with Crippen molar-refractivity contribution < 1.29 is 0 Å². The standard InChI is InChI=1S/C13H19N5O2/c1-2-5-17-9-11(14)12(19)18(13(17)20)7-3-6-16-8-4-15-10-16/h4,8-10H,2-3,5-7,14H2,1H3. The molecule has 2 aromatic rings. The first-order valence-electron chi connectivity index (χ1n) is 6.69. The quantitative estimate of drug-likeness (QED) is 0.822. The molecule has 0 atom stereocenters. The first-order valence-corrected chi connectivity index (χ1v) is 6.69. The van der Waals surface area contributed by atoms with Crippen LogP contribution < -0.4 is 17.0 Å². The van der Waals surface area contributed by atoms with Crippen molar-refractivity contribution in [2.75, 3.05) is 5.73 Å². The summed E-state index contributed by atoms with van der Waals surface area (Å²) in [6.07, 6.45) is 8.16. The summed E-state index contributed by atoms with van der Waals surface area (Å²) >= 11 is 0. The molecule has 0 radical (unpaired) electrons. The molecular formula is C13H19N5O2. The van der Waals surface area contributed by atoms with E-state index >= 15 is 0 Å². The Bertz CT molecular complexity index is 669. The van der Waals surface area contributed by atoms with Gasteiger partial charge in [0, 0.05) is 38.2 Å². The molecule has 0 unspecified atom stereocenters. The van der Waals surface area contributed by atoms with Gasteiger partial charge in [0.1, 0.15) is 5.69 Å². The summed E-state index contributed by atoms with van der Waals surface area (Å²) in [5, 5.41) is 0. The van der Waals surface area contributed by atoms with Crippen LogP contribution in [0, 0.1) is 0 Å². The lowest BCUT2D eigenvalue weighted by Gasteiger charge is -2.11. The van der Waals surface area contributed by atoms with Crippen LogP contribution in [0.5, 0.6) is 0 Å². The largest absolute Gasteiger partial charge is 0.393 e. The van der Waals surface area contributed by atoms with E-state index in [1.54, 1.807) is 12.5 Å². The minimum Gasteiger partial charge on any atom is -0.393 e. The number of nitrogens with zero attached hydrogens (tertiary/aromatic N) is 4. The van der Waals surface area contributed by atoms with Gasteiger partial charge in [0.15, 0.2) is 0 Å². The van der Waals surface area contributed by atoms with Gasteiger partial charge in [-0.15, -0.1) is 0 Å². The number of aryl methyl sites for hydroxylation is 2. The predicted molar refractivity (Wildman–Crippen MR) is 76.5 cm³/mol. The summed E-state index contributed by atoms with van der Waals surface area (Å²) in [4.78, 5) is 28.1. The van der Waals surface area contributed by atoms with Gasteiger partial charge in [0.25, 0.3) is 5.56 Å². The Hall–Kier alpha value is -2.31. The highest BCUT2D eigenvalue weighted by molar-refractivity contribution is 5.30. The third kappa shape index (κ3) is 2.98. The topological polar surface area (TPSA) is 87.8 Å². The average molecular weight is 277 g/mol. The van der Waals surface area contributed by atoms with E-state index < -0.39 is 5.56 Å². The molecule has 7 nitrogen and oxygen atoms in total. The molecule has 2 aromatic heterocycles. The molecular weight excluding hydrogens is 258 g/mol. The van der Waals surface area contributed by atoms with Crippen LogP contribution in [0.15, 0.2) is 34.5 Å². The van der Waals surface area contributed by atoms with Gasteiger partial charge < -0.3 is 10.3 Å². The minimum absolute atomic E-state index is 0.112. The van der Waals surface area contributed by atoms with Gasteiger partial charge in [-0.25, -0.2) is 9.78 Å². The third-order valence-corrected chi connectivity index (χ3v) is 3.09. The summed E-state index contributed by atoms with van der Waals surface area (Å²) < 4.78 is 4.61. The molecule has 0 amide bonds. The van der Waals surface area contributed by atoms with Crippen LogP contribution in [0.25, 0.3) is 0 Å². The maximum atomic E-state index is 12.2. The maximum absolute atomic E-state index is 12.2. The number of rotatable bonds is 6. The second-order valence-electron chi connectivity index (χ2n) is 4.67. The number of imidazole rings is 1. The van der Waals surface area contributed by atoms with E-state index in [2.05, 4.69) is 4.98 Å². The smallest absolute Gasteiger partial charge is 0.331 e. The average Bonchev–Trinajstić information content (AvgIpc) is 2.93. The van der Waals surface area contributed by atoms with Crippen LogP contribution in [0.3, 0.4) is 0 Å². The minimum atomic E-state index is -0.409. The molecule has 0 saturated heterocycles. The SMILES string of the molecule is CCCn1cc(N)c(=O)n(CCCn2ccnc2)c1=O. The number of nitrogens with two attached hydrogens (primary N) is 1. The van der Waals surface area contributed by atoms with Crippen molar-refractivity contribution in [3.8, 4) is 0 Å². The van der Waals surface area contributed by atoms with Crippen molar-refractivity contribution in [3.05, 3.63) is 45.8 Å². The fraction of sp³-hybridized carbons (Fsp3) is 0.462. The van der Waals surface area contributed by atoms with Crippen molar-refractivity contribution in [1.82, 2.24) is 18.7 Å². The number of nitrogen functional groups attached to an aromatic ring is 1. The molecule has 7 heteroatoms. The Labute approximate surface area is 116 Å². The predicted octanol–water partition coefficient (Wildman–Crippen LogP) is 0.289. The molecule has 0 aliphatic rings. The Morgan fingerprint density at radius 1 is 1.25 bits per heavy atom. The van der Waals surface area contributed by atoms with E-state index in [4.69, 9.17) is 5.73 Å². The molecule has 2 heterocycles. The zero-order chi connectivity index (χ0) is 14.5. The van der Waals surface area contributed by atoms with Gasteiger partial charge in [-0.05, 0) is 12.8 Å². The number of anilines is 1. The fourth-order valence-electron chi connectivity index (χ4n) is 2.10. The van der Waals surface area contributed by atoms with Gasteiger partial charge in [0.2, 0.25) is 0 Å². The zero-order valence-electron chi connectivity index (χ0n) is 11.5. The summed E-state index contributed by atoms with van der Waals surface area (Å²) in [5.74, 6) is 0. The molecule has 0 saturated carbocycles. The highest BCUT2D eigenvalue weighted by Gasteiger charge is 2.08. The van der Waals surface area contributed by atoms with Crippen LogP contribution in [0.2, 0.25) is 0 Å². The van der Waals surface area contributed by atoms with Crippen molar-refractivity contribution in [1.29, 1.82) is 0 Å². The summed E-state index contributed by atoms with van der Waals surface area (Å²) in [7, 11) is 0. The molecule has 0 spiro atoms. The van der Waals surface area contributed by atoms with E-state index in [1.807, 2.05) is 17.7 Å². The van der Waals surface area contributed by atoms with E-state index in [0.717, 1.165) is 6.42 Å². The molecule has 2 N–H and O–H groups in total. The molecule has 0 aromatic carbocycles. The van der Waals surface area contributed by atoms with Crippen LogP contribution in [-0.4, -0.2) is 18.7 Å². The van der Waals surface area contributed by atoms with E-state index in [-0.39, 0.29) is 11.4 Å². The van der Waals surface area contributed by atoms with Gasteiger partial charge in [-0.2, -0.15) is 0 Å². The third-order valence-electron chi connectivity index (χ3n) is 3.09. The van der Waals surface area contributed by atoms with Crippen molar-refractivity contribution >= 4 is 5.69 Å². The molecule has 20 heavy (non-hydrogen) atoms. The first kappa shape index (κ1) is 14.1. The second-order valence-corrected chi connectivity index (χ2v) is 4.67. The Morgan fingerprint density at radius 2 is 2.05 bits per heavy atom. The number of aromatic nitrogens is 4. The second kappa shape index (κ2) is 6.23. The van der Waals surface area contributed by atoms with Crippen LogP contribution >= 0.6 is 0 Å². The normalized spacial score (nSPS) is 10.8. The number of hydrogen-bond donors (Lipinski definition) is 1. The lowest BCUT2D eigenvalue weighted by Crippen LogP contribution is -2.40. The zero-order valence-corrected chi connectivity index (χ0v) is 11.5. The van der Waals surface area contributed by atoms with Crippen LogP contribution in [-0.2, 0) is 19.6 Å². The lowest BCUT2D eigenvalue weighted by atomic mass is 10.4. The molecule has 0 aliphatic heterocycles. The molecule has 0 aliphatic carbocycles. The molecule has 0 bridgehead atoms. The maximum Gasteiger partial charge on any atom is 0.331 e. The van der Waals surface area contributed by atoms with E-state index in [0.29, 0.717) is 26.1 Å². The number of hydrogen-bond acceptors (Lipinski definition) is 4. The van der Waals surface area contributed by atoms with Gasteiger partial charge >= 0.3 is 5.69 Å². The fourth-order valence-corrected chi connectivity index (χ4v) is 2.10. The highest BCUT2D eigenvalue weighted by atomic mass is 16.2. The van der Waals surface area contributed by atoms with Crippen molar-refractivity contribution in [2.24, 2.45) is 0 Å². The molecule has 0 fully saturated rings. The van der Waals surface area contributed by atoms with Gasteiger partial charge in [-0.1, -0.05) is 6.92 Å². The molecule has 2 rings (SSSR count). The van der Waals surface area contributed by atoms with Crippen LogP contribution in [0.4, 0.5) is 5.69 Å². The van der Waals surface area contributed by atoms with Crippen molar-refractivity contribution in [3.63, 3.8) is 0 Å². The van der Waals surface area contributed by atoms with Crippen molar-refractivity contribution in [2.45, 2.75) is 39.4 Å². The Balaban J connectivity index is 2.17. The monoisotopic (exact) mass is 277 g/mol. The van der Waals surface area contributed by atoms with E-state index in [1.165, 1.54) is 15.3 Å².